The van der Waals surface area contributed by atoms with Crippen LogP contribution in [0.25, 0.3) is 0 Å². The van der Waals surface area contributed by atoms with Crippen molar-refractivity contribution < 1.29 is 4.74 Å². The van der Waals surface area contributed by atoms with Crippen LogP contribution in [0.15, 0.2) is 0 Å². The quantitative estimate of drug-likeness (QED) is 0.791. The van der Waals surface area contributed by atoms with Gasteiger partial charge in [0.2, 0.25) is 0 Å². The molecule has 0 aromatic carbocycles. The van der Waals surface area contributed by atoms with Gasteiger partial charge in [0.15, 0.2) is 0 Å². The van der Waals surface area contributed by atoms with Crippen LogP contribution in [-0.4, -0.2) is 43.3 Å². The standard InChI is InChI=1S/C15H30N2O/c1-15(2,8-9-16)7-4-10-17-11-12-18-14-6-3-5-13(14)17/h13-14H,3-12,16H2,1-2H3. The van der Waals surface area contributed by atoms with Crippen LogP contribution >= 0.6 is 0 Å². The molecule has 2 atom stereocenters. The first-order valence-electron chi connectivity index (χ1n) is 7.68. The van der Waals surface area contributed by atoms with E-state index in [1.165, 1.54) is 38.6 Å². The summed E-state index contributed by atoms with van der Waals surface area (Å²) in [4.78, 5) is 2.68. The van der Waals surface area contributed by atoms with Crippen LogP contribution in [-0.2, 0) is 4.74 Å². The van der Waals surface area contributed by atoms with Gasteiger partial charge in [-0.3, -0.25) is 4.90 Å². The minimum absolute atomic E-state index is 0.413. The third kappa shape index (κ3) is 3.69. The minimum Gasteiger partial charge on any atom is -0.375 e. The summed E-state index contributed by atoms with van der Waals surface area (Å²) in [6, 6.07) is 0.719. The monoisotopic (exact) mass is 254 g/mol. The molecule has 1 saturated carbocycles. The number of rotatable bonds is 6. The molecule has 1 aliphatic heterocycles. The fraction of sp³-hybridized carbons (Fsp3) is 1.00. The van der Waals surface area contributed by atoms with Gasteiger partial charge in [-0.15, -0.1) is 0 Å². The molecule has 0 aromatic heterocycles. The van der Waals surface area contributed by atoms with Crippen molar-refractivity contribution in [2.24, 2.45) is 11.1 Å². The molecular weight excluding hydrogens is 224 g/mol. The molecule has 2 rings (SSSR count). The Bertz CT molecular complexity index is 255. The molecule has 0 bridgehead atoms. The van der Waals surface area contributed by atoms with E-state index in [9.17, 15) is 0 Å². The Morgan fingerprint density at radius 3 is 2.89 bits per heavy atom. The van der Waals surface area contributed by atoms with Crippen LogP contribution in [0, 0.1) is 5.41 Å². The zero-order chi connectivity index (χ0) is 13.0. The predicted octanol–water partition coefficient (Wildman–Crippen LogP) is 2.39. The molecular formula is C15H30N2O. The molecule has 18 heavy (non-hydrogen) atoms. The van der Waals surface area contributed by atoms with Gasteiger partial charge in [0, 0.05) is 12.6 Å². The highest BCUT2D eigenvalue weighted by Crippen LogP contribution is 2.31. The zero-order valence-corrected chi connectivity index (χ0v) is 12.2. The average Bonchev–Trinajstić information content (AvgIpc) is 2.77. The van der Waals surface area contributed by atoms with E-state index in [1.54, 1.807) is 0 Å². The number of nitrogens with zero attached hydrogens (tertiary/aromatic N) is 1. The Hall–Kier alpha value is -0.120. The summed E-state index contributed by atoms with van der Waals surface area (Å²) in [5.74, 6) is 0. The van der Waals surface area contributed by atoms with Crippen molar-refractivity contribution in [3.8, 4) is 0 Å². The molecule has 1 saturated heterocycles. The zero-order valence-electron chi connectivity index (χ0n) is 12.2. The highest BCUT2D eigenvalue weighted by atomic mass is 16.5. The number of morpholine rings is 1. The van der Waals surface area contributed by atoms with Crippen molar-refractivity contribution in [2.45, 2.75) is 64.5 Å². The maximum atomic E-state index is 5.86. The second kappa shape index (κ2) is 6.36. The van der Waals surface area contributed by atoms with Gasteiger partial charge in [-0.25, -0.2) is 0 Å². The van der Waals surface area contributed by atoms with E-state index in [-0.39, 0.29) is 0 Å². The van der Waals surface area contributed by atoms with Gasteiger partial charge < -0.3 is 10.5 Å². The summed E-state index contributed by atoms with van der Waals surface area (Å²) >= 11 is 0. The van der Waals surface area contributed by atoms with E-state index in [2.05, 4.69) is 18.7 Å². The van der Waals surface area contributed by atoms with Crippen molar-refractivity contribution in [1.29, 1.82) is 0 Å². The fourth-order valence-electron chi connectivity index (χ4n) is 3.56. The lowest BCUT2D eigenvalue weighted by Crippen LogP contribution is -2.48. The Morgan fingerprint density at radius 2 is 2.11 bits per heavy atom. The molecule has 2 aliphatic rings. The lowest BCUT2D eigenvalue weighted by molar-refractivity contribution is -0.0564. The molecule has 3 nitrogen and oxygen atoms in total. The van der Waals surface area contributed by atoms with Crippen molar-refractivity contribution >= 4 is 0 Å². The third-order valence-electron chi connectivity index (χ3n) is 4.72. The topological polar surface area (TPSA) is 38.5 Å². The van der Waals surface area contributed by atoms with Crippen LogP contribution in [0.5, 0.6) is 0 Å². The Balaban J connectivity index is 1.72. The van der Waals surface area contributed by atoms with Crippen molar-refractivity contribution in [3.05, 3.63) is 0 Å². The van der Waals surface area contributed by atoms with Crippen LogP contribution in [0.3, 0.4) is 0 Å². The molecule has 2 N–H and O–H groups in total. The molecule has 0 aromatic rings. The predicted molar refractivity (Wildman–Crippen MR) is 75.6 cm³/mol. The highest BCUT2D eigenvalue weighted by Gasteiger charge is 2.35. The summed E-state index contributed by atoms with van der Waals surface area (Å²) in [5.41, 5.74) is 6.09. The fourth-order valence-corrected chi connectivity index (χ4v) is 3.56. The van der Waals surface area contributed by atoms with E-state index in [1.807, 2.05) is 0 Å². The second-order valence-corrected chi connectivity index (χ2v) is 6.75. The van der Waals surface area contributed by atoms with Crippen molar-refractivity contribution in [3.63, 3.8) is 0 Å². The minimum atomic E-state index is 0.413. The summed E-state index contributed by atoms with van der Waals surface area (Å²) in [5, 5.41) is 0. The van der Waals surface area contributed by atoms with E-state index in [4.69, 9.17) is 10.5 Å². The molecule has 1 heterocycles. The number of fused-ring (bicyclic) bond motifs is 1. The van der Waals surface area contributed by atoms with Gasteiger partial charge in [0.25, 0.3) is 0 Å². The van der Waals surface area contributed by atoms with Crippen LogP contribution < -0.4 is 5.73 Å². The largest absolute Gasteiger partial charge is 0.375 e. The average molecular weight is 254 g/mol. The van der Waals surface area contributed by atoms with Gasteiger partial charge in [-0.1, -0.05) is 13.8 Å². The van der Waals surface area contributed by atoms with Crippen LogP contribution in [0.1, 0.15) is 52.4 Å². The first-order chi connectivity index (χ1) is 8.62. The normalized spacial score (nSPS) is 29.5. The number of ether oxygens (including phenoxy) is 1. The summed E-state index contributed by atoms with van der Waals surface area (Å²) in [7, 11) is 0. The summed E-state index contributed by atoms with van der Waals surface area (Å²) in [6.07, 6.45) is 8.24. The molecule has 0 spiro atoms. The van der Waals surface area contributed by atoms with Crippen molar-refractivity contribution in [1.82, 2.24) is 4.90 Å². The van der Waals surface area contributed by atoms with Gasteiger partial charge in [-0.05, 0) is 57.0 Å². The third-order valence-corrected chi connectivity index (χ3v) is 4.72. The molecule has 3 heteroatoms. The van der Waals surface area contributed by atoms with E-state index in [0.29, 0.717) is 11.5 Å². The first kappa shape index (κ1) is 14.3. The second-order valence-electron chi connectivity index (χ2n) is 6.75. The molecule has 0 amide bonds. The molecule has 1 aliphatic carbocycles. The molecule has 2 unspecified atom stereocenters. The van der Waals surface area contributed by atoms with Crippen LogP contribution in [0.2, 0.25) is 0 Å². The number of hydrogen-bond acceptors (Lipinski definition) is 3. The maximum Gasteiger partial charge on any atom is 0.0730 e. The number of hydrogen-bond donors (Lipinski definition) is 1. The SMILES string of the molecule is CC(C)(CCN)CCCN1CCOC2CCCC21. The highest BCUT2D eigenvalue weighted by molar-refractivity contribution is 4.89. The smallest absolute Gasteiger partial charge is 0.0730 e. The molecule has 106 valence electrons. The van der Waals surface area contributed by atoms with Crippen LogP contribution in [0.4, 0.5) is 0 Å². The first-order valence-corrected chi connectivity index (χ1v) is 7.68. The van der Waals surface area contributed by atoms with E-state index in [0.717, 1.165) is 32.2 Å². The summed E-state index contributed by atoms with van der Waals surface area (Å²) in [6.45, 7) is 8.83. The lowest BCUT2D eigenvalue weighted by Gasteiger charge is -2.38. The maximum absolute atomic E-state index is 5.86. The van der Waals surface area contributed by atoms with Crippen molar-refractivity contribution in [2.75, 3.05) is 26.2 Å². The van der Waals surface area contributed by atoms with E-state index >= 15 is 0 Å². The summed E-state index contributed by atoms with van der Waals surface area (Å²) < 4.78 is 5.86. The Labute approximate surface area is 112 Å². The van der Waals surface area contributed by atoms with Gasteiger partial charge in [-0.2, -0.15) is 0 Å². The lowest BCUT2D eigenvalue weighted by atomic mass is 9.84. The van der Waals surface area contributed by atoms with Gasteiger partial charge in [0.1, 0.15) is 0 Å². The molecule has 0 radical (unpaired) electrons. The Kier molecular flexibility index (Phi) is 5.05. The van der Waals surface area contributed by atoms with Gasteiger partial charge in [0.05, 0.1) is 12.7 Å². The number of nitrogens with two attached hydrogens (primary N) is 1. The van der Waals surface area contributed by atoms with E-state index < -0.39 is 0 Å². The van der Waals surface area contributed by atoms with Gasteiger partial charge >= 0.3 is 0 Å². The molecule has 2 fully saturated rings. The Morgan fingerprint density at radius 1 is 1.28 bits per heavy atom.